The van der Waals surface area contributed by atoms with E-state index in [1.165, 1.54) is 16.7 Å². The van der Waals surface area contributed by atoms with Crippen LogP contribution in [0.1, 0.15) is 30.5 Å². The zero-order valence-corrected chi connectivity index (χ0v) is 13.3. The molecule has 2 rings (SSSR count). The Morgan fingerprint density at radius 2 is 2.10 bits per heavy atom. The summed E-state index contributed by atoms with van der Waals surface area (Å²) in [6, 6.07) is 8.46. The number of rotatable bonds is 7. The fraction of sp³-hybridized carbons (Fsp3) is 0.412. The van der Waals surface area contributed by atoms with Gasteiger partial charge in [0.15, 0.2) is 0 Å². The summed E-state index contributed by atoms with van der Waals surface area (Å²) in [4.78, 5) is 0. The lowest BCUT2D eigenvalue weighted by atomic mass is 10.1. The summed E-state index contributed by atoms with van der Waals surface area (Å²) in [6.45, 7) is 9.08. The zero-order chi connectivity index (χ0) is 14.4. The number of benzene rings is 1. The quantitative estimate of drug-likeness (QED) is 0.816. The highest BCUT2D eigenvalue weighted by molar-refractivity contribution is 7.07. The van der Waals surface area contributed by atoms with Crippen LogP contribution in [0.2, 0.25) is 0 Å². The van der Waals surface area contributed by atoms with E-state index in [1.54, 1.807) is 11.3 Å². The predicted octanol–water partition coefficient (Wildman–Crippen LogP) is 4.38. The van der Waals surface area contributed by atoms with Gasteiger partial charge in [0.1, 0.15) is 12.4 Å². The Labute approximate surface area is 125 Å². The highest BCUT2D eigenvalue weighted by Crippen LogP contribution is 2.24. The maximum atomic E-state index is 6.04. The van der Waals surface area contributed by atoms with Crippen molar-refractivity contribution < 1.29 is 4.74 Å². The van der Waals surface area contributed by atoms with Gasteiger partial charge in [-0.25, -0.2) is 0 Å². The number of thiophene rings is 1. The minimum Gasteiger partial charge on any atom is -0.488 e. The molecular formula is C17H23NOS. The summed E-state index contributed by atoms with van der Waals surface area (Å²) in [5, 5.41) is 7.70. The molecule has 0 unspecified atom stereocenters. The number of nitrogens with one attached hydrogen (secondary N) is 1. The van der Waals surface area contributed by atoms with E-state index in [1.807, 2.05) is 0 Å². The van der Waals surface area contributed by atoms with Crippen molar-refractivity contribution in [2.75, 3.05) is 6.54 Å². The van der Waals surface area contributed by atoms with Crippen molar-refractivity contribution in [1.29, 1.82) is 0 Å². The maximum absolute atomic E-state index is 6.04. The predicted molar refractivity (Wildman–Crippen MR) is 86.4 cm³/mol. The molecule has 2 nitrogen and oxygen atoms in total. The van der Waals surface area contributed by atoms with Gasteiger partial charge < -0.3 is 10.1 Å². The minimum absolute atomic E-state index is 0.644. The summed E-state index contributed by atoms with van der Waals surface area (Å²) < 4.78 is 6.04. The molecule has 0 saturated heterocycles. The molecule has 2 aromatic rings. The molecule has 1 aromatic carbocycles. The third kappa shape index (κ3) is 4.36. The van der Waals surface area contributed by atoms with E-state index in [2.05, 4.69) is 61.1 Å². The fourth-order valence-corrected chi connectivity index (χ4v) is 2.74. The normalized spacial score (nSPS) is 11.0. The highest BCUT2D eigenvalue weighted by Gasteiger charge is 2.07. The van der Waals surface area contributed by atoms with Crippen LogP contribution in [-0.2, 0) is 13.2 Å². The van der Waals surface area contributed by atoms with Gasteiger partial charge in [-0.15, -0.1) is 0 Å². The van der Waals surface area contributed by atoms with Gasteiger partial charge in [-0.1, -0.05) is 32.0 Å². The van der Waals surface area contributed by atoms with Gasteiger partial charge in [0, 0.05) is 12.1 Å². The fourth-order valence-electron chi connectivity index (χ4n) is 2.08. The largest absolute Gasteiger partial charge is 0.488 e. The lowest BCUT2D eigenvalue weighted by Crippen LogP contribution is -2.19. The second-order valence-electron chi connectivity index (χ2n) is 5.51. The first-order chi connectivity index (χ1) is 9.66. The van der Waals surface area contributed by atoms with Gasteiger partial charge in [-0.05, 0) is 47.3 Å². The van der Waals surface area contributed by atoms with Crippen LogP contribution in [0.3, 0.4) is 0 Å². The summed E-state index contributed by atoms with van der Waals surface area (Å²) in [6.07, 6.45) is 0. The van der Waals surface area contributed by atoms with Crippen molar-refractivity contribution in [2.45, 2.75) is 33.9 Å². The lowest BCUT2D eigenvalue weighted by molar-refractivity contribution is 0.300. The van der Waals surface area contributed by atoms with Crippen LogP contribution >= 0.6 is 11.3 Å². The van der Waals surface area contributed by atoms with Gasteiger partial charge in [0.05, 0.1) is 0 Å². The molecule has 3 heteroatoms. The maximum Gasteiger partial charge on any atom is 0.127 e. The topological polar surface area (TPSA) is 21.3 Å². The Hall–Kier alpha value is -1.32. The van der Waals surface area contributed by atoms with Crippen molar-refractivity contribution in [2.24, 2.45) is 5.92 Å². The zero-order valence-electron chi connectivity index (χ0n) is 12.5. The van der Waals surface area contributed by atoms with E-state index in [0.29, 0.717) is 12.5 Å². The number of hydrogen-bond acceptors (Lipinski definition) is 3. The molecule has 1 heterocycles. The van der Waals surface area contributed by atoms with E-state index >= 15 is 0 Å². The average Bonchev–Trinajstić information content (AvgIpc) is 2.90. The third-order valence-electron chi connectivity index (χ3n) is 3.12. The summed E-state index contributed by atoms with van der Waals surface area (Å²) in [5.41, 5.74) is 3.67. The van der Waals surface area contributed by atoms with Crippen LogP contribution in [-0.4, -0.2) is 6.54 Å². The molecule has 0 saturated carbocycles. The van der Waals surface area contributed by atoms with Crippen molar-refractivity contribution >= 4 is 11.3 Å². The molecule has 0 spiro atoms. The highest BCUT2D eigenvalue weighted by atomic mass is 32.1. The van der Waals surface area contributed by atoms with Crippen LogP contribution in [0.15, 0.2) is 35.0 Å². The van der Waals surface area contributed by atoms with E-state index in [0.717, 1.165) is 18.8 Å². The smallest absolute Gasteiger partial charge is 0.127 e. The third-order valence-corrected chi connectivity index (χ3v) is 3.86. The van der Waals surface area contributed by atoms with Crippen LogP contribution in [0.4, 0.5) is 0 Å². The number of ether oxygens (including phenoxy) is 1. The second-order valence-corrected chi connectivity index (χ2v) is 6.29. The molecule has 20 heavy (non-hydrogen) atoms. The summed E-state index contributed by atoms with van der Waals surface area (Å²) in [7, 11) is 0. The Morgan fingerprint density at radius 3 is 2.80 bits per heavy atom. The van der Waals surface area contributed by atoms with E-state index < -0.39 is 0 Å². The molecular weight excluding hydrogens is 266 g/mol. The van der Waals surface area contributed by atoms with E-state index in [-0.39, 0.29) is 0 Å². The van der Waals surface area contributed by atoms with Crippen LogP contribution in [0.25, 0.3) is 0 Å². The number of para-hydroxylation sites is 1. The first-order valence-electron chi connectivity index (χ1n) is 7.10. The van der Waals surface area contributed by atoms with Crippen LogP contribution in [0, 0.1) is 12.8 Å². The van der Waals surface area contributed by atoms with Crippen molar-refractivity contribution in [1.82, 2.24) is 5.32 Å². The molecule has 0 aliphatic heterocycles. The van der Waals surface area contributed by atoms with Gasteiger partial charge in [-0.3, -0.25) is 0 Å². The van der Waals surface area contributed by atoms with Crippen molar-refractivity contribution in [3.05, 3.63) is 51.7 Å². The summed E-state index contributed by atoms with van der Waals surface area (Å²) >= 11 is 1.71. The molecule has 0 atom stereocenters. The molecule has 1 N–H and O–H groups in total. The molecule has 108 valence electrons. The Balaban J connectivity index is 2.01. The standard InChI is InChI=1S/C17H23NOS/c1-13(2)9-18-10-16-6-4-5-14(3)17(16)19-11-15-7-8-20-12-15/h4-8,12-13,18H,9-11H2,1-3H3. The Bertz CT molecular complexity index is 520. The first kappa shape index (κ1) is 15.1. The number of aryl methyl sites for hydroxylation is 1. The molecule has 0 radical (unpaired) electrons. The van der Waals surface area contributed by atoms with Gasteiger partial charge in [-0.2, -0.15) is 11.3 Å². The Morgan fingerprint density at radius 1 is 1.25 bits per heavy atom. The van der Waals surface area contributed by atoms with E-state index in [9.17, 15) is 0 Å². The first-order valence-corrected chi connectivity index (χ1v) is 8.04. The monoisotopic (exact) mass is 289 g/mol. The van der Waals surface area contributed by atoms with E-state index in [4.69, 9.17) is 4.74 Å². The van der Waals surface area contributed by atoms with Crippen LogP contribution < -0.4 is 10.1 Å². The average molecular weight is 289 g/mol. The number of hydrogen-bond donors (Lipinski definition) is 1. The minimum atomic E-state index is 0.644. The Kier molecular flexibility index (Phi) is 5.62. The molecule has 1 aromatic heterocycles. The lowest BCUT2D eigenvalue weighted by Gasteiger charge is -2.15. The van der Waals surface area contributed by atoms with Gasteiger partial charge in [0.2, 0.25) is 0 Å². The SMILES string of the molecule is Cc1cccc(CNCC(C)C)c1OCc1ccsc1. The molecule has 0 aliphatic rings. The molecule has 0 bridgehead atoms. The summed E-state index contributed by atoms with van der Waals surface area (Å²) in [5.74, 6) is 1.69. The van der Waals surface area contributed by atoms with Gasteiger partial charge in [0.25, 0.3) is 0 Å². The van der Waals surface area contributed by atoms with Gasteiger partial charge >= 0.3 is 0 Å². The van der Waals surface area contributed by atoms with Crippen molar-refractivity contribution in [3.8, 4) is 5.75 Å². The van der Waals surface area contributed by atoms with Crippen LogP contribution in [0.5, 0.6) is 5.75 Å². The molecule has 0 aliphatic carbocycles. The second kappa shape index (κ2) is 7.46. The molecule has 0 fully saturated rings. The van der Waals surface area contributed by atoms with Crippen molar-refractivity contribution in [3.63, 3.8) is 0 Å². The molecule has 0 amide bonds.